The van der Waals surface area contributed by atoms with Gasteiger partial charge in [0.05, 0.1) is 15.6 Å². The van der Waals surface area contributed by atoms with Gasteiger partial charge in [0.1, 0.15) is 5.75 Å². The van der Waals surface area contributed by atoms with Crippen LogP contribution in [-0.4, -0.2) is 33.5 Å². The molecule has 1 atom stereocenters. The Labute approximate surface area is 183 Å². The Kier molecular flexibility index (Phi) is 7.26. The molecular weight excluding hydrogens is 424 g/mol. The van der Waals surface area contributed by atoms with E-state index in [0.29, 0.717) is 12.2 Å². The molecule has 0 spiro atoms. The number of aryl methyl sites for hydroxylation is 1. The number of rotatable bonds is 8. The number of hydrogen-bond donors (Lipinski definition) is 1. The molecule has 0 radical (unpaired) electrons. The third kappa shape index (κ3) is 5.08. The summed E-state index contributed by atoms with van der Waals surface area (Å²) >= 11 is 6.27. The fourth-order valence-corrected chi connectivity index (χ4v) is 5.47. The summed E-state index contributed by atoms with van der Waals surface area (Å²) in [6, 6.07) is 11.9. The van der Waals surface area contributed by atoms with E-state index in [4.69, 9.17) is 16.3 Å². The van der Waals surface area contributed by atoms with Crippen molar-refractivity contribution in [3.8, 4) is 5.75 Å². The highest BCUT2D eigenvalue weighted by Gasteiger charge is 2.29. The molecule has 1 aliphatic rings. The summed E-state index contributed by atoms with van der Waals surface area (Å²) in [6.07, 6.45) is 3.48. The van der Waals surface area contributed by atoms with Crippen molar-refractivity contribution in [3.05, 3.63) is 53.1 Å². The van der Waals surface area contributed by atoms with E-state index in [9.17, 15) is 13.2 Å². The molecule has 1 aliphatic heterocycles. The van der Waals surface area contributed by atoms with Crippen molar-refractivity contribution in [2.45, 2.75) is 50.5 Å². The maximum absolute atomic E-state index is 13.2. The van der Waals surface area contributed by atoms with Crippen LogP contribution in [0, 0.1) is 0 Å². The van der Waals surface area contributed by atoms with Crippen LogP contribution in [0.3, 0.4) is 0 Å². The first-order valence-electron chi connectivity index (χ1n) is 10.1. The number of carbonyl (C=O) groups excluding carboxylic acids is 1. The fourth-order valence-electron chi connectivity index (χ4n) is 3.60. The number of anilines is 1. The van der Waals surface area contributed by atoms with Gasteiger partial charge in [-0.25, -0.2) is 8.42 Å². The Bertz CT molecular complexity index is 1010. The minimum absolute atomic E-state index is 0.0708. The number of para-hydroxylation sites is 1. The standard InChI is InChI=1S/C22H27ClN2O4S/c1-3-7-16(2)24-22(26)15-29-21-12-11-18(14-19(21)23)30(27,28)25-13-6-9-17-8-4-5-10-20(17)25/h4-5,8,10-12,14,16H,3,6-7,9,13,15H2,1-2H3,(H,24,26)/t16-/m1/s1. The van der Waals surface area contributed by atoms with Gasteiger partial charge in [-0.15, -0.1) is 0 Å². The lowest BCUT2D eigenvalue weighted by Gasteiger charge is -2.30. The first-order chi connectivity index (χ1) is 14.3. The second-order valence-corrected chi connectivity index (χ2v) is 9.72. The van der Waals surface area contributed by atoms with Crippen LogP contribution in [-0.2, 0) is 21.2 Å². The van der Waals surface area contributed by atoms with Crippen LogP contribution < -0.4 is 14.4 Å². The minimum Gasteiger partial charge on any atom is -0.482 e. The lowest BCUT2D eigenvalue weighted by Crippen LogP contribution is -2.36. The topological polar surface area (TPSA) is 75.7 Å². The third-order valence-electron chi connectivity index (χ3n) is 5.05. The Morgan fingerprint density at radius 1 is 1.27 bits per heavy atom. The molecule has 0 fully saturated rings. The molecule has 0 unspecified atom stereocenters. The molecule has 0 bridgehead atoms. The summed E-state index contributed by atoms with van der Waals surface area (Å²) in [5, 5.41) is 3.00. The van der Waals surface area contributed by atoms with Gasteiger partial charge >= 0.3 is 0 Å². The van der Waals surface area contributed by atoms with Gasteiger partial charge in [-0.2, -0.15) is 0 Å². The average molecular weight is 451 g/mol. The summed E-state index contributed by atoms with van der Waals surface area (Å²) in [5.41, 5.74) is 1.72. The molecule has 162 valence electrons. The number of carbonyl (C=O) groups is 1. The van der Waals surface area contributed by atoms with Gasteiger partial charge < -0.3 is 10.1 Å². The number of amides is 1. The molecule has 0 saturated heterocycles. The third-order valence-corrected chi connectivity index (χ3v) is 7.15. The quantitative estimate of drug-likeness (QED) is 0.655. The maximum Gasteiger partial charge on any atom is 0.264 e. The predicted molar refractivity (Wildman–Crippen MR) is 119 cm³/mol. The number of ether oxygens (including phenoxy) is 1. The minimum atomic E-state index is -3.75. The number of nitrogens with zero attached hydrogens (tertiary/aromatic N) is 1. The molecule has 1 amide bonds. The smallest absolute Gasteiger partial charge is 0.264 e. The van der Waals surface area contributed by atoms with Crippen molar-refractivity contribution in [2.75, 3.05) is 17.5 Å². The summed E-state index contributed by atoms with van der Waals surface area (Å²) in [6.45, 7) is 4.23. The van der Waals surface area contributed by atoms with Crippen LogP contribution in [0.25, 0.3) is 0 Å². The number of nitrogens with one attached hydrogen (secondary N) is 1. The van der Waals surface area contributed by atoms with Gasteiger partial charge in [-0.3, -0.25) is 9.10 Å². The van der Waals surface area contributed by atoms with E-state index in [2.05, 4.69) is 12.2 Å². The molecule has 2 aromatic rings. The second-order valence-electron chi connectivity index (χ2n) is 7.45. The number of fused-ring (bicyclic) bond motifs is 1. The van der Waals surface area contributed by atoms with Gasteiger partial charge in [0, 0.05) is 12.6 Å². The van der Waals surface area contributed by atoms with Crippen molar-refractivity contribution in [2.24, 2.45) is 0 Å². The molecule has 0 saturated carbocycles. The van der Waals surface area contributed by atoms with Crippen molar-refractivity contribution in [3.63, 3.8) is 0 Å². The molecule has 8 heteroatoms. The van der Waals surface area contributed by atoms with Crippen LogP contribution in [0.1, 0.15) is 38.7 Å². The van der Waals surface area contributed by atoms with E-state index in [1.54, 1.807) is 0 Å². The van der Waals surface area contributed by atoms with Crippen LogP contribution in [0.15, 0.2) is 47.4 Å². The summed E-state index contributed by atoms with van der Waals surface area (Å²) in [5.74, 6) is 0.0293. The molecule has 1 N–H and O–H groups in total. The Morgan fingerprint density at radius 3 is 2.77 bits per heavy atom. The Balaban J connectivity index is 1.73. The number of halogens is 1. The summed E-state index contributed by atoms with van der Waals surface area (Å²) in [7, 11) is -3.75. The van der Waals surface area contributed by atoms with Crippen molar-refractivity contribution >= 4 is 33.2 Å². The monoisotopic (exact) mass is 450 g/mol. The highest BCUT2D eigenvalue weighted by atomic mass is 35.5. The van der Waals surface area contributed by atoms with Gasteiger partial charge in [0.15, 0.2) is 6.61 Å². The largest absolute Gasteiger partial charge is 0.482 e. The number of hydrogen-bond acceptors (Lipinski definition) is 4. The van der Waals surface area contributed by atoms with Gasteiger partial charge in [0.2, 0.25) is 0 Å². The van der Waals surface area contributed by atoms with Crippen LogP contribution in [0.2, 0.25) is 5.02 Å². The fraction of sp³-hybridized carbons (Fsp3) is 0.409. The van der Waals surface area contributed by atoms with Crippen molar-refractivity contribution in [1.82, 2.24) is 5.32 Å². The molecule has 1 heterocycles. The molecule has 0 aromatic heterocycles. The molecule has 2 aromatic carbocycles. The van der Waals surface area contributed by atoms with Gasteiger partial charge in [-0.1, -0.05) is 43.1 Å². The zero-order valence-electron chi connectivity index (χ0n) is 17.2. The molecule has 3 rings (SSSR count). The lowest BCUT2D eigenvalue weighted by atomic mass is 10.0. The first kappa shape index (κ1) is 22.4. The highest BCUT2D eigenvalue weighted by Crippen LogP contribution is 2.34. The number of benzene rings is 2. The van der Waals surface area contributed by atoms with Crippen molar-refractivity contribution in [1.29, 1.82) is 0 Å². The Morgan fingerprint density at radius 2 is 2.03 bits per heavy atom. The zero-order valence-corrected chi connectivity index (χ0v) is 18.8. The molecule has 0 aliphatic carbocycles. The van der Waals surface area contributed by atoms with Gasteiger partial charge in [0.25, 0.3) is 15.9 Å². The van der Waals surface area contributed by atoms with E-state index < -0.39 is 10.0 Å². The van der Waals surface area contributed by atoms with Crippen LogP contribution >= 0.6 is 11.6 Å². The normalized spacial score (nSPS) is 14.7. The summed E-state index contributed by atoms with van der Waals surface area (Å²) in [4.78, 5) is 12.1. The lowest BCUT2D eigenvalue weighted by molar-refractivity contribution is -0.123. The average Bonchev–Trinajstić information content (AvgIpc) is 2.72. The van der Waals surface area contributed by atoms with E-state index >= 15 is 0 Å². The van der Waals surface area contributed by atoms with Crippen molar-refractivity contribution < 1.29 is 17.9 Å². The number of sulfonamides is 1. The first-order valence-corrected chi connectivity index (χ1v) is 12.0. The van der Waals surface area contributed by atoms with Gasteiger partial charge in [-0.05, 0) is 56.0 Å². The van der Waals surface area contributed by atoms with E-state index in [1.807, 2.05) is 31.2 Å². The molecule has 6 nitrogen and oxygen atoms in total. The zero-order chi connectivity index (χ0) is 21.7. The maximum atomic E-state index is 13.2. The van der Waals surface area contributed by atoms with E-state index in [0.717, 1.165) is 31.2 Å². The van der Waals surface area contributed by atoms with E-state index in [-0.39, 0.29) is 34.2 Å². The van der Waals surface area contributed by atoms with Crippen LogP contribution in [0.5, 0.6) is 5.75 Å². The van der Waals surface area contributed by atoms with Crippen LogP contribution in [0.4, 0.5) is 5.69 Å². The Hall–Kier alpha value is -2.25. The van der Waals surface area contributed by atoms with E-state index in [1.165, 1.54) is 22.5 Å². The summed E-state index contributed by atoms with van der Waals surface area (Å²) < 4.78 is 33.4. The molecule has 30 heavy (non-hydrogen) atoms. The highest BCUT2D eigenvalue weighted by molar-refractivity contribution is 7.92. The second kappa shape index (κ2) is 9.71. The molecular formula is C22H27ClN2O4S. The predicted octanol–water partition coefficient (Wildman–Crippen LogP) is 4.17. The SMILES string of the molecule is CCC[C@@H](C)NC(=O)COc1ccc(S(=O)(=O)N2CCCc3ccccc32)cc1Cl.